The van der Waals surface area contributed by atoms with Gasteiger partial charge in [0.2, 0.25) is 0 Å². The molecule has 0 heterocycles. The van der Waals surface area contributed by atoms with Gasteiger partial charge in [-0.15, -0.1) is 0 Å². The van der Waals surface area contributed by atoms with Crippen molar-refractivity contribution >= 4 is 23.4 Å². The van der Waals surface area contributed by atoms with Crippen LogP contribution < -0.4 is 15.5 Å². The number of nitrogens with one attached hydrogen (secondary N) is 2. The summed E-state index contributed by atoms with van der Waals surface area (Å²) in [5, 5.41) is 22.5. The fraction of sp³-hybridized carbons (Fsp3) is 0.385. The van der Waals surface area contributed by atoms with Crippen molar-refractivity contribution in [3.8, 4) is 0 Å². The molecule has 0 aliphatic rings. The lowest BCUT2D eigenvalue weighted by molar-refractivity contribution is -0.139. The van der Waals surface area contributed by atoms with Crippen LogP contribution in [0.4, 0.5) is 16.2 Å². The lowest BCUT2D eigenvalue weighted by Crippen LogP contribution is -2.43. The number of carboxylic acids is 1. The minimum absolute atomic E-state index is 0.0412. The molecule has 0 aliphatic carbocycles. The van der Waals surface area contributed by atoms with Gasteiger partial charge in [0.15, 0.2) is 0 Å². The Kier molecular flexibility index (Phi) is 5.79. The van der Waals surface area contributed by atoms with Gasteiger partial charge >= 0.3 is 12.0 Å². The number of rotatable bonds is 6. The van der Waals surface area contributed by atoms with Crippen LogP contribution in [-0.2, 0) is 4.79 Å². The topological polar surface area (TPSA) is 102 Å². The summed E-state index contributed by atoms with van der Waals surface area (Å²) >= 11 is 0. The number of aliphatic hydroxyl groups is 1. The summed E-state index contributed by atoms with van der Waals surface area (Å²) < 4.78 is 0. The van der Waals surface area contributed by atoms with Crippen molar-refractivity contribution < 1.29 is 19.8 Å². The Labute approximate surface area is 117 Å². The maximum atomic E-state index is 11.7. The van der Waals surface area contributed by atoms with Gasteiger partial charge in [0, 0.05) is 38.5 Å². The normalized spacial score (nSPS) is 11.6. The highest BCUT2D eigenvalue weighted by Gasteiger charge is 2.19. The van der Waals surface area contributed by atoms with Crippen molar-refractivity contribution in [3.05, 3.63) is 24.3 Å². The second-order valence-electron chi connectivity index (χ2n) is 4.45. The Bertz CT molecular complexity index is 476. The first-order valence-electron chi connectivity index (χ1n) is 6.12. The molecule has 0 bridgehead atoms. The van der Waals surface area contributed by atoms with Crippen LogP contribution in [0.15, 0.2) is 24.3 Å². The van der Waals surface area contributed by atoms with Crippen LogP contribution in [0.5, 0.6) is 0 Å². The summed E-state index contributed by atoms with van der Waals surface area (Å²) in [7, 11) is 3.75. The van der Waals surface area contributed by atoms with E-state index < -0.39 is 18.0 Å². The molecular formula is C13H19N3O4. The molecule has 20 heavy (non-hydrogen) atoms. The number of carbonyl (C=O) groups excluding carboxylic acids is 1. The largest absolute Gasteiger partial charge is 0.480 e. The third kappa shape index (κ3) is 4.77. The zero-order valence-electron chi connectivity index (χ0n) is 11.5. The van der Waals surface area contributed by atoms with Crippen molar-refractivity contribution in [2.75, 3.05) is 30.9 Å². The van der Waals surface area contributed by atoms with E-state index in [0.717, 1.165) is 5.69 Å². The number of aliphatic carboxylic acids is 1. The van der Waals surface area contributed by atoms with Gasteiger partial charge in [-0.3, -0.25) is 0 Å². The number of carbonyl (C=O) groups is 2. The minimum atomic E-state index is -1.18. The maximum absolute atomic E-state index is 11.7. The molecule has 110 valence electrons. The van der Waals surface area contributed by atoms with Crippen LogP contribution in [0.1, 0.15) is 6.42 Å². The van der Waals surface area contributed by atoms with E-state index in [4.69, 9.17) is 10.2 Å². The molecule has 1 aromatic rings. The highest BCUT2D eigenvalue weighted by molar-refractivity contribution is 5.92. The molecule has 0 saturated heterocycles. The van der Waals surface area contributed by atoms with E-state index in [2.05, 4.69) is 10.6 Å². The molecular weight excluding hydrogens is 262 g/mol. The molecule has 1 aromatic carbocycles. The van der Waals surface area contributed by atoms with E-state index in [0.29, 0.717) is 5.69 Å². The van der Waals surface area contributed by atoms with Crippen LogP contribution in [-0.4, -0.2) is 49.0 Å². The van der Waals surface area contributed by atoms with Gasteiger partial charge in [-0.25, -0.2) is 9.59 Å². The molecule has 0 fully saturated rings. The Hall–Kier alpha value is -2.28. The molecule has 0 radical (unpaired) electrons. The van der Waals surface area contributed by atoms with Crippen LogP contribution >= 0.6 is 0 Å². The molecule has 0 saturated carbocycles. The second-order valence-corrected chi connectivity index (χ2v) is 4.45. The third-order valence-corrected chi connectivity index (χ3v) is 2.64. The molecule has 1 atom stereocenters. The molecule has 7 nitrogen and oxygen atoms in total. The Morgan fingerprint density at radius 2 is 2.05 bits per heavy atom. The molecule has 0 unspecified atom stereocenters. The highest BCUT2D eigenvalue weighted by atomic mass is 16.4. The number of urea groups is 1. The van der Waals surface area contributed by atoms with E-state index in [1.54, 1.807) is 18.2 Å². The van der Waals surface area contributed by atoms with Gasteiger partial charge in [-0.1, -0.05) is 6.07 Å². The fourth-order valence-corrected chi connectivity index (χ4v) is 1.57. The lowest BCUT2D eigenvalue weighted by atomic mass is 10.2. The quantitative estimate of drug-likeness (QED) is 0.615. The Balaban J connectivity index is 2.65. The van der Waals surface area contributed by atoms with Gasteiger partial charge in [-0.2, -0.15) is 0 Å². The second kappa shape index (κ2) is 7.34. The van der Waals surface area contributed by atoms with E-state index >= 15 is 0 Å². The van der Waals surface area contributed by atoms with Gasteiger partial charge in [-0.05, 0) is 18.2 Å². The van der Waals surface area contributed by atoms with Crippen LogP contribution in [0.2, 0.25) is 0 Å². The van der Waals surface area contributed by atoms with Crippen molar-refractivity contribution in [3.63, 3.8) is 0 Å². The Morgan fingerprint density at radius 1 is 1.35 bits per heavy atom. The average Bonchev–Trinajstić information content (AvgIpc) is 2.38. The van der Waals surface area contributed by atoms with E-state index in [1.807, 2.05) is 25.1 Å². The van der Waals surface area contributed by atoms with Gasteiger partial charge in [0.05, 0.1) is 0 Å². The van der Waals surface area contributed by atoms with Crippen LogP contribution in [0, 0.1) is 0 Å². The van der Waals surface area contributed by atoms with Crippen molar-refractivity contribution in [1.82, 2.24) is 5.32 Å². The number of aliphatic hydroxyl groups excluding tert-OH is 1. The number of hydrogen-bond donors (Lipinski definition) is 4. The van der Waals surface area contributed by atoms with Crippen molar-refractivity contribution in [2.24, 2.45) is 0 Å². The first-order chi connectivity index (χ1) is 9.43. The number of amides is 2. The molecule has 0 aliphatic heterocycles. The lowest BCUT2D eigenvalue weighted by Gasteiger charge is -2.16. The van der Waals surface area contributed by atoms with Gasteiger partial charge in [0.25, 0.3) is 0 Å². The molecule has 0 spiro atoms. The Morgan fingerprint density at radius 3 is 2.60 bits per heavy atom. The summed E-state index contributed by atoms with van der Waals surface area (Å²) in [6.07, 6.45) is -0.0412. The van der Waals surface area contributed by atoms with E-state index in [-0.39, 0.29) is 13.0 Å². The molecule has 4 N–H and O–H groups in total. The van der Waals surface area contributed by atoms with Crippen molar-refractivity contribution in [1.29, 1.82) is 0 Å². The fourth-order valence-electron chi connectivity index (χ4n) is 1.57. The summed E-state index contributed by atoms with van der Waals surface area (Å²) in [4.78, 5) is 24.4. The molecule has 2 amide bonds. The predicted molar refractivity (Wildman–Crippen MR) is 76.1 cm³/mol. The summed E-state index contributed by atoms with van der Waals surface area (Å²) in [6.45, 7) is -0.312. The highest BCUT2D eigenvalue weighted by Crippen LogP contribution is 2.17. The number of anilines is 2. The first-order valence-corrected chi connectivity index (χ1v) is 6.12. The monoisotopic (exact) mass is 281 g/mol. The maximum Gasteiger partial charge on any atom is 0.326 e. The van der Waals surface area contributed by atoms with Crippen LogP contribution in [0.3, 0.4) is 0 Å². The average molecular weight is 281 g/mol. The zero-order chi connectivity index (χ0) is 15.1. The summed E-state index contributed by atoms with van der Waals surface area (Å²) in [5.74, 6) is -1.18. The smallest absolute Gasteiger partial charge is 0.326 e. The third-order valence-electron chi connectivity index (χ3n) is 2.64. The molecule has 0 aromatic heterocycles. The summed E-state index contributed by atoms with van der Waals surface area (Å²) in [5.41, 5.74) is 1.47. The van der Waals surface area contributed by atoms with E-state index in [9.17, 15) is 9.59 Å². The number of carboxylic acid groups (broad SMARTS) is 1. The van der Waals surface area contributed by atoms with Crippen LogP contribution in [0.25, 0.3) is 0 Å². The molecule has 7 heteroatoms. The van der Waals surface area contributed by atoms with Gasteiger partial charge < -0.3 is 25.7 Å². The van der Waals surface area contributed by atoms with Crippen molar-refractivity contribution in [2.45, 2.75) is 12.5 Å². The first kappa shape index (κ1) is 15.8. The van der Waals surface area contributed by atoms with E-state index in [1.165, 1.54) is 0 Å². The van der Waals surface area contributed by atoms with Gasteiger partial charge in [0.1, 0.15) is 6.04 Å². The SMILES string of the molecule is CN(C)c1cccc(NC(=O)N[C@@H](CCO)C(=O)O)c1. The number of hydrogen-bond acceptors (Lipinski definition) is 4. The number of benzene rings is 1. The standard InChI is InChI=1S/C13H19N3O4/c1-16(2)10-5-3-4-9(8-10)14-13(20)15-11(6-7-17)12(18)19/h3-5,8,11,17H,6-7H2,1-2H3,(H,18,19)(H2,14,15,20)/t11-/m0/s1. The zero-order valence-corrected chi connectivity index (χ0v) is 11.5. The molecule has 1 rings (SSSR count). The number of nitrogens with zero attached hydrogens (tertiary/aromatic N) is 1. The predicted octanol–water partition coefficient (Wildman–Crippen LogP) is 0.710. The minimum Gasteiger partial charge on any atom is -0.480 e. The summed E-state index contributed by atoms with van der Waals surface area (Å²) in [6, 6.07) is 5.40.